The van der Waals surface area contributed by atoms with Crippen LogP contribution in [0.5, 0.6) is 0 Å². The Bertz CT molecular complexity index is 1120. The van der Waals surface area contributed by atoms with Crippen molar-refractivity contribution in [2.75, 3.05) is 4.90 Å². The molecule has 0 bridgehead atoms. The monoisotopic (exact) mass is 369 g/mol. The summed E-state index contributed by atoms with van der Waals surface area (Å²) in [5.41, 5.74) is 5.15. The van der Waals surface area contributed by atoms with Crippen LogP contribution in [0.4, 0.5) is 5.69 Å². The van der Waals surface area contributed by atoms with Crippen molar-refractivity contribution in [2.45, 2.75) is 19.1 Å². The number of nitrogens with zero attached hydrogens (tertiary/aromatic N) is 1. The van der Waals surface area contributed by atoms with E-state index in [1.807, 2.05) is 42.5 Å². The molecule has 0 spiro atoms. The summed E-state index contributed by atoms with van der Waals surface area (Å²) in [6, 6.07) is 22.4. The highest BCUT2D eigenvalue weighted by Crippen LogP contribution is 2.39. The summed E-state index contributed by atoms with van der Waals surface area (Å²) >= 11 is 0. The van der Waals surface area contributed by atoms with E-state index < -0.39 is 8.07 Å². The average Bonchev–Trinajstić information content (AvgIpc) is 2.93. The van der Waals surface area contributed by atoms with E-state index in [1.165, 1.54) is 15.7 Å². The predicted molar refractivity (Wildman–Crippen MR) is 110 cm³/mol. The van der Waals surface area contributed by atoms with E-state index in [-0.39, 0.29) is 11.8 Å². The maximum absolute atomic E-state index is 13.3. The lowest BCUT2D eigenvalue weighted by atomic mass is 9.93. The zero-order chi connectivity index (χ0) is 18.8. The molecule has 0 aromatic heterocycles. The minimum Gasteiger partial charge on any atom is -0.268 e. The first kappa shape index (κ1) is 16.2. The van der Waals surface area contributed by atoms with Gasteiger partial charge in [0.25, 0.3) is 11.8 Å². The first-order valence-electron chi connectivity index (χ1n) is 9.18. The summed E-state index contributed by atoms with van der Waals surface area (Å²) in [5, 5.41) is 1.43. The highest BCUT2D eigenvalue weighted by atomic mass is 28.3. The van der Waals surface area contributed by atoms with E-state index in [1.54, 1.807) is 0 Å². The number of amides is 2. The summed E-state index contributed by atoms with van der Waals surface area (Å²) in [4.78, 5) is 27.7. The largest absolute Gasteiger partial charge is 0.268 e. The Labute approximate surface area is 159 Å². The Hall–Kier alpha value is -2.98. The van der Waals surface area contributed by atoms with Crippen molar-refractivity contribution >= 4 is 30.8 Å². The molecule has 0 unspecified atom stereocenters. The van der Waals surface area contributed by atoms with Crippen molar-refractivity contribution in [1.82, 2.24) is 0 Å². The third-order valence-electron chi connectivity index (χ3n) is 5.74. The molecule has 0 N–H and O–H groups in total. The highest BCUT2D eigenvalue weighted by Gasteiger charge is 2.42. The molecule has 0 saturated carbocycles. The molecule has 4 heteroatoms. The van der Waals surface area contributed by atoms with E-state index in [2.05, 4.69) is 37.4 Å². The summed E-state index contributed by atoms with van der Waals surface area (Å²) < 4.78 is 0. The SMILES string of the molecule is C[Si]1(C)Cc2c(ccc3c2C(=O)N(c2ccccc2)C3=O)-c2ccccc21. The predicted octanol–water partition coefficient (Wildman–Crippen LogP) is 4.16. The molecule has 2 aliphatic heterocycles. The van der Waals surface area contributed by atoms with Crippen molar-refractivity contribution in [1.29, 1.82) is 0 Å². The normalized spacial score (nSPS) is 16.7. The summed E-state index contributed by atoms with van der Waals surface area (Å²) in [7, 11) is -1.74. The molecule has 0 atom stereocenters. The quantitative estimate of drug-likeness (QED) is 0.477. The molecule has 132 valence electrons. The molecule has 3 nitrogen and oxygen atoms in total. The van der Waals surface area contributed by atoms with Crippen LogP contribution in [0.25, 0.3) is 11.1 Å². The van der Waals surface area contributed by atoms with Gasteiger partial charge in [-0.1, -0.05) is 66.8 Å². The Morgan fingerprint density at radius 2 is 1.41 bits per heavy atom. The number of para-hydroxylation sites is 1. The van der Waals surface area contributed by atoms with Crippen molar-refractivity contribution in [3.63, 3.8) is 0 Å². The highest BCUT2D eigenvalue weighted by molar-refractivity contribution is 6.90. The van der Waals surface area contributed by atoms with Crippen LogP contribution < -0.4 is 10.1 Å². The number of carbonyl (C=O) groups excluding carboxylic acids is 2. The standard InChI is InChI=1S/C23H19NO2Si/c1-27(2)14-19-16(17-10-6-7-11-20(17)27)12-13-18-21(19)23(26)24(22(18)25)15-8-4-3-5-9-15/h3-13H,14H2,1-2H3. The Morgan fingerprint density at radius 1 is 0.741 bits per heavy atom. The molecule has 0 radical (unpaired) electrons. The molecule has 0 saturated heterocycles. The Balaban J connectivity index is 1.74. The van der Waals surface area contributed by atoms with Crippen molar-refractivity contribution in [3.8, 4) is 11.1 Å². The van der Waals surface area contributed by atoms with Gasteiger partial charge in [-0.25, -0.2) is 4.90 Å². The second-order valence-corrected chi connectivity index (χ2v) is 12.6. The van der Waals surface area contributed by atoms with Gasteiger partial charge in [0.05, 0.1) is 24.9 Å². The number of hydrogen-bond donors (Lipinski definition) is 0. The van der Waals surface area contributed by atoms with Gasteiger partial charge in [0.15, 0.2) is 0 Å². The molecular weight excluding hydrogens is 350 g/mol. The Kier molecular flexibility index (Phi) is 3.31. The van der Waals surface area contributed by atoms with Crippen LogP contribution in [0.3, 0.4) is 0 Å². The van der Waals surface area contributed by atoms with Gasteiger partial charge in [0.2, 0.25) is 0 Å². The van der Waals surface area contributed by atoms with Gasteiger partial charge < -0.3 is 0 Å². The van der Waals surface area contributed by atoms with Gasteiger partial charge in [-0.15, -0.1) is 0 Å². The van der Waals surface area contributed by atoms with Crippen LogP contribution in [-0.4, -0.2) is 19.9 Å². The van der Waals surface area contributed by atoms with Crippen LogP contribution in [0.1, 0.15) is 26.3 Å². The first-order valence-corrected chi connectivity index (χ1v) is 12.4. The molecule has 3 aromatic carbocycles. The number of carbonyl (C=O) groups is 2. The summed E-state index contributed by atoms with van der Waals surface area (Å²) in [5.74, 6) is -0.412. The molecule has 0 fully saturated rings. The van der Waals surface area contributed by atoms with Crippen molar-refractivity contribution in [3.05, 3.63) is 83.4 Å². The fourth-order valence-electron chi connectivity index (χ4n) is 4.49. The van der Waals surface area contributed by atoms with E-state index in [0.29, 0.717) is 16.8 Å². The van der Waals surface area contributed by atoms with Gasteiger partial charge in [-0.2, -0.15) is 0 Å². The Morgan fingerprint density at radius 3 is 2.19 bits per heavy atom. The van der Waals surface area contributed by atoms with E-state index in [9.17, 15) is 9.59 Å². The summed E-state index contributed by atoms with van der Waals surface area (Å²) in [6.45, 7) is 4.68. The van der Waals surface area contributed by atoms with Crippen LogP contribution >= 0.6 is 0 Å². The molecule has 3 aromatic rings. The van der Waals surface area contributed by atoms with Crippen LogP contribution in [-0.2, 0) is 6.04 Å². The molecule has 5 rings (SSSR count). The van der Waals surface area contributed by atoms with Crippen LogP contribution in [0.2, 0.25) is 13.1 Å². The van der Waals surface area contributed by atoms with Crippen molar-refractivity contribution in [2.24, 2.45) is 0 Å². The second-order valence-electron chi connectivity index (χ2n) is 7.90. The number of fused-ring (bicyclic) bond motifs is 5. The topological polar surface area (TPSA) is 37.4 Å². The average molecular weight is 369 g/mol. The minimum atomic E-state index is -1.74. The smallest absolute Gasteiger partial charge is 0.266 e. The van der Waals surface area contributed by atoms with Crippen LogP contribution in [0.15, 0.2) is 66.7 Å². The third kappa shape index (κ3) is 2.20. The lowest BCUT2D eigenvalue weighted by molar-refractivity contribution is 0.0926. The first-order chi connectivity index (χ1) is 13.0. The van der Waals surface area contributed by atoms with Gasteiger partial charge in [-0.05, 0) is 40.9 Å². The van der Waals surface area contributed by atoms with Gasteiger partial charge >= 0.3 is 0 Å². The number of hydrogen-bond acceptors (Lipinski definition) is 2. The molecular formula is C23H19NO2Si. The maximum Gasteiger partial charge on any atom is 0.266 e. The van der Waals surface area contributed by atoms with Crippen molar-refractivity contribution < 1.29 is 9.59 Å². The molecule has 2 heterocycles. The molecule has 2 amide bonds. The molecule has 27 heavy (non-hydrogen) atoms. The summed E-state index contributed by atoms with van der Waals surface area (Å²) in [6.07, 6.45) is 0. The molecule has 0 aliphatic carbocycles. The maximum atomic E-state index is 13.3. The lowest BCUT2D eigenvalue weighted by Crippen LogP contribution is -2.48. The third-order valence-corrected chi connectivity index (χ3v) is 8.87. The number of rotatable bonds is 1. The zero-order valence-electron chi connectivity index (χ0n) is 15.3. The zero-order valence-corrected chi connectivity index (χ0v) is 16.3. The fraction of sp³-hybridized carbons (Fsp3) is 0.130. The van der Waals surface area contributed by atoms with Gasteiger partial charge in [0.1, 0.15) is 0 Å². The van der Waals surface area contributed by atoms with E-state index >= 15 is 0 Å². The van der Waals surface area contributed by atoms with Crippen LogP contribution in [0, 0.1) is 0 Å². The van der Waals surface area contributed by atoms with Gasteiger partial charge in [0, 0.05) is 0 Å². The van der Waals surface area contributed by atoms with Gasteiger partial charge in [-0.3, -0.25) is 9.59 Å². The minimum absolute atomic E-state index is 0.192. The number of anilines is 1. The lowest BCUT2D eigenvalue weighted by Gasteiger charge is -2.33. The fourth-order valence-corrected chi connectivity index (χ4v) is 7.42. The number of imide groups is 1. The number of benzene rings is 3. The van der Waals surface area contributed by atoms with E-state index in [0.717, 1.165) is 17.2 Å². The molecule has 2 aliphatic rings. The second kappa shape index (κ2) is 5.51. The van der Waals surface area contributed by atoms with E-state index in [4.69, 9.17) is 0 Å².